The molecule has 0 aliphatic carbocycles. The average Bonchev–Trinajstić information content (AvgIpc) is 2.38. The number of methoxy groups -OCH3 is 1. The number of rotatable bonds is 7. The maximum Gasteiger partial charge on any atom is 0.119 e. The van der Waals surface area contributed by atoms with Crippen molar-refractivity contribution in [3.8, 4) is 5.75 Å². The molecule has 0 heterocycles. The van der Waals surface area contributed by atoms with Gasteiger partial charge in [-0.15, -0.1) is 0 Å². The van der Waals surface area contributed by atoms with Crippen molar-refractivity contribution in [1.29, 1.82) is 0 Å². The molecule has 0 aliphatic rings. The Morgan fingerprint density at radius 2 is 1.65 bits per heavy atom. The quantitative estimate of drug-likeness (QED) is 0.712. The highest BCUT2D eigenvalue weighted by Crippen LogP contribution is 2.24. The predicted molar refractivity (Wildman–Crippen MR) is 71.7 cm³/mol. The van der Waals surface area contributed by atoms with Crippen LogP contribution in [0.15, 0.2) is 24.3 Å². The van der Waals surface area contributed by atoms with E-state index < -0.39 is 0 Å². The minimum absolute atomic E-state index is 0.133. The van der Waals surface area contributed by atoms with Crippen molar-refractivity contribution in [3.05, 3.63) is 29.8 Å². The lowest BCUT2D eigenvalue weighted by Crippen LogP contribution is -2.15. The molecule has 1 aromatic carbocycles. The van der Waals surface area contributed by atoms with Crippen molar-refractivity contribution in [2.45, 2.75) is 45.6 Å². The number of benzene rings is 1. The first-order chi connectivity index (χ1) is 8.21. The molecule has 0 saturated carbocycles. The van der Waals surface area contributed by atoms with E-state index in [1.54, 1.807) is 7.11 Å². The van der Waals surface area contributed by atoms with Gasteiger partial charge in [0, 0.05) is 7.11 Å². The third-order valence-corrected chi connectivity index (χ3v) is 3.22. The number of hydrogen-bond donors (Lipinski definition) is 0. The van der Waals surface area contributed by atoms with Gasteiger partial charge in [-0.25, -0.2) is 0 Å². The Morgan fingerprint density at radius 1 is 1.06 bits per heavy atom. The first-order valence-corrected chi connectivity index (χ1v) is 6.46. The van der Waals surface area contributed by atoms with Crippen LogP contribution in [-0.2, 0) is 4.74 Å². The molecule has 1 aromatic rings. The van der Waals surface area contributed by atoms with Crippen molar-refractivity contribution in [1.82, 2.24) is 0 Å². The second kappa shape index (κ2) is 7.33. The van der Waals surface area contributed by atoms with Gasteiger partial charge >= 0.3 is 0 Å². The summed E-state index contributed by atoms with van der Waals surface area (Å²) in [7, 11) is 1.70. The minimum atomic E-state index is 0.133. The predicted octanol–water partition coefficient (Wildman–Crippen LogP) is 4.00. The zero-order valence-corrected chi connectivity index (χ0v) is 11.4. The third-order valence-electron chi connectivity index (χ3n) is 3.22. The van der Waals surface area contributed by atoms with Crippen LogP contribution in [0.5, 0.6) is 5.75 Å². The smallest absolute Gasteiger partial charge is 0.119 e. The van der Waals surface area contributed by atoms with E-state index in [0.717, 1.165) is 5.75 Å². The molecule has 0 aromatic heterocycles. The van der Waals surface area contributed by atoms with Crippen molar-refractivity contribution >= 4 is 0 Å². The first kappa shape index (κ1) is 14.0. The average molecular weight is 236 g/mol. The fourth-order valence-corrected chi connectivity index (χ4v) is 1.88. The maximum atomic E-state index is 5.64. The Kier molecular flexibility index (Phi) is 6.06. The van der Waals surface area contributed by atoms with E-state index in [1.807, 2.05) is 6.92 Å². The number of hydrogen-bond acceptors (Lipinski definition) is 2. The van der Waals surface area contributed by atoms with E-state index in [9.17, 15) is 0 Å². The van der Waals surface area contributed by atoms with Gasteiger partial charge in [0.15, 0.2) is 0 Å². The van der Waals surface area contributed by atoms with Gasteiger partial charge in [0.25, 0.3) is 0 Å². The normalized spacial score (nSPS) is 12.8. The van der Waals surface area contributed by atoms with Crippen LogP contribution in [0.3, 0.4) is 0 Å². The van der Waals surface area contributed by atoms with Crippen molar-refractivity contribution in [2.24, 2.45) is 0 Å². The SMILES string of the molecule is CCC(CC)c1ccc(OCC(C)OC)cc1. The first-order valence-electron chi connectivity index (χ1n) is 6.46. The fraction of sp³-hybridized carbons (Fsp3) is 0.600. The molecule has 0 amide bonds. The molecule has 0 fully saturated rings. The molecule has 0 spiro atoms. The lowest BCUT2D eigenvalue weighted by Gasteiger charge is -2.14. The lowest BCUT2D eigenvalue weighted by molar-refractivity contribution is 0.0716. The monoisotopic (exact) mass is 236 g/mol. The van der Waals surface area contributed by atoms with E-state index in [2.05, 4.69) is 38.1 Å². The van der Waals surface area contributed by atoms with Gasteiger partial charge in [0.05, 0.1) is 6.10 Å². The van der Waals surface area contributed by atoms with Crippen LogP contribution in [0.2, 0.25) is 0 Å². The fourth-order valence-electron chi connectivity index (χ4n) is 1.88. The molecule has 17 heavy (non-hydrogen) atoms. The van der Waals surface area contributed by atoms with Crippen LogP contribution in [0.4, 0.5) is 0 Å². The van der Waals surface area contributed by atoms with Crippen LogP contribution >= 0.6 is 0 Å². The van der Waals surface area contributed by atoms with Gasteiger partial charge in [-0.2, -0.15) is 0 Å². The van der Waals surface area contributed by atoms with Crippen molar-refractivity contribution in [3.63, 3.8) is 0 Å². The van der Waals surface area contributed by atoms with Crippen LogP contribution in [0.1, 0.15) is 45.1 Å². The second-order valence-electron chi connectivity index (χ2n) is 4.44. The van der Waals surface area contributed by atoms with Gasteiger partial charge in [-0.3, -0.25) is 0 Å². The number of ether oxygens (including phenoxy) is 2. The Morgan fingerprint density at radius 3 is 2.12 bits per heavy atom. The van der Waals surface area contributed by atoms with E-state index in [4.69, 9.17) is 9.47 Å². The summed E-state index contributed by atoms with van der Waals surface area (Å²) >= 11 is 0. The summed E-state index contributed by atoms with van der Waals surface area (Å²) < 4.78 is 10.8. The molecule has 0 aliphatic heterocycles. The van der Waals surface area contributed by atoms with Crippen molar-refractivity contribution < 1.29 is 9.47 Å². The van der Waals surface area contributed by atoms with Gasteiger partial charge in [-0.05, 0) is 43.4 Å². The molecule has 96 valence electrons. The standard InChI is InChI=1S/C15H24O2/c1-5-13(6-2)14-7-9-15(10-8-14)17-11-12(3)16-4/h7-10,12-13H,5-6,11H2,1-4H3. The Bertz CT molecular complexity index is 301. The van der Waals surface area contributed by atoms with Crippen LogP contribution < -0.4 is 4.74 Å². The Balaban J connectivity index is 2.55. The summed E-state index contributed by atoms with van der Waals surface area (Å²) in [4.78, 5) is 0. The van der Waals surface area contributed by atoms with E-state index in [1.165, 1.54) is 18.4 Å². The minimum Gasteiger partial charge on any atom is -0.491 e. The largest absolute Gasteiger partial charge is 0.491 e. The topological polar surface area (TPSA) is 18.5 Å². The molecular weight excluding hydrogens is 212 g/mol. The van der Waals surface area contributed by atoms with E-state index in [-0.39, 0.29) is 6.10 Å². The summed E-state index contributed by atoms with van der Waals surface area (Å²) in [5.74, 6) is 1.59. The zero-order valence-electron chi connectivity index (χ0n) is 11.4. The van der Waals surface area contributed by atoms with Crippen molar-refractivity contribution in [2.75, 3.05) is 13.7 Å². The molecule has 0 radical (unpaired) electrons. The highest BCUT2D eigenvalue weighted by atomic mass is 16.5. The molecule has 2 nitrogen and oxygen atoms in total. The van der Waals surface area contributed by atoms with Crippen LogP contribution in [0, 0.1) is 0 Å². The molecule has 1 atom stereocenters. The molecule has 2 heteroatoms. The maximum absolute atomic E-state index is 5.64. The summed E-state index contributed by atoms with van der Waals surface area (Å²) in [5.41, 5.74) is 1.40. The van der Waals surface area contributed by atoms with Gasteiger partial charge in [-0.1, -0.05) is 26.0 Å². The lowest BCUT2D eigenvalue weighted by atomic mass is 9.94. The molecule has 0 bridgehead atoms. The third kappa shape index (κ3) is 4.39. The highest BCUT2D eigenvalue weighted by Gasteiger charge is 2.07. The molecular formula is C15H24O2. The zero-order chi connectivity index (χ0) is 12.7. The second-order valence-corrected chi connectivity index (χ2v) is 4.44. The van der Waals surface area contributed by atoms with Gasteiger partial charge in [0.1, 0.15) is 12.4 Å². The van der Waals surface area contributed by atoms with Gasteiger partial charge < -0.3 is 9.47 Å². The van der Waals surface area contributed by atoms with E-state index >= 15 is 0 Å². The van der Waals surface area contributed by atoms with Crippen LogP contribution in [-0.4, -0.2) is 19.8 Å². The Labute approximate surface area is 105 Å². The summed E-state index contributed by atoms with van der Waals surface area (Å²) in [6.45, 7) is 7.07. The molecule has 1 unspecified atom stereocenters. The Hall–Kier alpha value is -1.02. The molecule has 1 rings (SSSR count). The molecule has 0 N–H and O–H groups in total. The van der Waals surface area contributed by atoms with Gasteiger partial charge in [0.2, 0.25) is 0 Å². The molecule has 0 saturated heterocycles. The summed E-state index contributed by atoms with van der Waals surface area (Å²) in [6, 6.07) is 8.45. The highest BCUT2D eigenvalue weighted by molar-refractivity contribution is 5.29. The van der Waals surface area contributed by atoms with E-state index in [0.29, 0.717) is 12.5 Å². The van der Waals surface area contributed by atoms with Crippen LogP contribution in [0.25, 0.3) is 0 Å². The summed E-state index contributed by atoms with van der Waals surface area (Å²) in [5, 5.41) is 0. The summed E-state index contributed by atoms with van der Waals surface area (Å²) in [6.07, 6.45) is 2.52.